The number of nitrogens with one attached hydrogen (secondary N) is 3. The van der Waals surface area contributed by atoms with Crippen molar-refractivity contribution in [2.24, 2.45) is 0 Å². The van der Waals surface area contributed by atoms with Crippen LogP contribution in [0.25, 0.3) is 21.7 Å². The molecule has 1 heterocycles. The average molecular weight is 388 g/mol. The van der Waals surface area contributed by atoms with Gasteiger partial charge in [-0.2, -0.15) is 5.10 Å². The lowest BCUT2D eigenvalue weighted by molar-refractivity contribution is -0.126. The van der Waals surface area contributed by atoms with Crippen LogP contribution in [0, 0.1) is 0 Å². The Hall–Kier alpha value is -3.71. The molecule has 0 saturated carbocycles. The van der Waals surface area contributed by atoms with Gasteiger partial charge in [0.25, 0.3) is 0 Å². The molecule has 0 unspecified atom stereocenters. The van der Waals surface area contributed by atoms with Gasteiger partial charge in [-0.25, -0.2) is 0 Å². The summed E-state index contributed by atoms with van der Waals surface area (Å²) in [5.41, 5.74) is 2.19. The zero-order valence-corrected chi connectivity index (χ0v) is 15.6. The number of anilines is 1. The average Bonchev–Trinajstić information content (AvgIpc) is 3.20. The minimum atomic E-state index is -1.05. The lowest BCUT2D eigenvalue weighted by atomic mass is 10.0. The third-order valence-electron chi connectivity index (χ3n) is 4.77. The van der Waals surface area contributed by atoms with Gasteiger partial charge in [0.05, 0.1) is 24.7 Å². The number of aliphatic hydroxyl groups is 1. The molecule has 3 aromatic carbocycles. The van der Waals surface area contributed by atoms with Gasteiger partial charge in [0, 0.05) is 11.1 Å². The van der Waals surface area contributed by atoms with E-state index in [2.05, 4.69) is 20.8 Å². The topological polar surface area (TPSA) is 107 Å². The normalized spacial score (nSPS) is 12.0. The largest absolute Gasteiger partial charge is 0.394 e. The van der Waals surface area contributed by atoms with Gasteiger partial charge in [0.15, 0.2) is 0 Å². The van der Waals surface area contributed by atoms with Gasteiger partial charge in [-0.15, -0.1) is 0 Å². The smallest absolute Gasteiger partial charge is 0.249 e. The van der Waals surface area contributed by atoms with Gasteiger partial charge in [0.1, 0.15) is 6.04 Å². The maximum atomic E-state index is 12.5. The predicted molar refractivity (Wildman–Crippen MR) is 111 cm³/mol. The van der Waals surface area contributed by atoms with Crippen molar-refractivity contribution in [3.8, 4) is 0 Å². The standard InChI is InChI=1S/C22H20N4O3/c27-13-20(22(29)24-17-9-8-16-12-23-26-19(16)11-17)25-21(28)10-15-6-3-5-14-4-1-2-7-18(14)15/h1-9,11-12,20,27H,10,13H2,(H,23,26)(H,24,29)(H,25,28)/t20-/m0/s1. The molecule has 7 heteroatoms. The first-order valence-electron chi connectivity index (χ1n) is 9.25. The Bertz CT molecular complexity index is 1180. The van der Waals surface area contributed by atoms with Gasteiger partial charge >= 0.3 is 0 Å². The SMILES string of the molecule is O=C(Cc1cccc2ccccc12)N[C@@H](CO)C(=O)Nc1ccc2cn[nH]c2c1. The quantitative estimate of drug-likeness (QED) is 0.407. The number of H-pyrrole nitrogens is 1. The fraction of sp³-hybridized carbons (Fsp3) is 0.136. The van der Waals surface area contributed by atoms with E-state index in [9.17, 15) is 14.7 Å². The second kappa shape index (κ2) is 8.12. The van der Waals surface area contributed by atoms with E-state index >= 15 is 0 Å². The van der Waals surface area contributed by atoms with E-state index in [1.54, 1.807) is 18.3 Å². The molecule has 0 aliphatic carbocycles. The second-order valence-electron chi connectivity index (χ2n) is 6.78. The van der Waals surface area contributed by atoms with E-state index in [1.807, 2.05) is 48.5 Å². The highest BCUT2D eigenvalue weighted by Crippen LogP contribution is 2.19. The summed E-state index contributed by atoms with van der Waals surface area (Å²) >= 11 is 0. The Morgan fingerprint density at radius 2 is 1.86 bits per heavy atom. The summed E-state index contributed by atoms with van der Waals surface area (Å²) in [5, 5.41) is 24.7. The summed E-state index contributed by atoms with van der Waals surface area (Å²) in [6.45, 7) is -0.501. The summed E-state index contributed by atoms with van der Waals surface area (Å²) < 4.78 is 0. The molecule has 2 amide bonds. The van der Waals surface area contributed by atoms with E-state index in [0.29, 0.717) is 5.69 Å². The molecule has 1 aromatic heterocycles. The van der Waals surface area contributed by atoms with Crippen molar-refractivity contribution in [2.45, 2.75) is 12.5 Å². The van der Waals surface area contributed by atoms with Crippen molar-refractivity contribution < 1.29 is 14.7 Å². The number of nitrogens with zero attached hydrogens (tertiary/aromatic N) is 1. The highest BCUT2D eigenvalue weighted by molar-refractivity contribution is 5.99. The van der Waals surface area contributed by atoms with Gasteiger partial charge in [-0.3, -0.25) is 14.7 Å². The van der Waals surface area contributed by atoms with Crippen LogP contribution in [0.2, 0.25) is 0 Å². The van der Waals surface area contributed by atoms with Crippen molar-refractivity contribution in [3.05, 3.63) is 72.4 Å². The number of hydrogen-bond acceptors (Lipinski definition) is 4. The number of amides is 2. The number of fused-ring (bicyclic) bond motifs is 2. The van der Waals surface area contributed by atoms with E-state index in [-0.39, 0.29) is 12.3 Å². The maximum Gasteiger partial charge on any atom is 0.249 e. The molecule has 0 bridgehead atoms. The van der Waals surface area contributed by atoms with Crippen molar-refractivity contribution >= 4 is 39.2 Å². The first-order chi connectivity index (χ1) is 14.1. The van der Waals surface area contributed by atoms with Crippen molar-refractivity contribution in [2.75, 3.05) is 11.9 Å². The van der Waals surface area contributed by atoms with Crippen molar-refractivity contribution in [1.82, 2.24) is 15.5 Å². The van der Waals surface area contributed by atoms with Crippen molar-refractivity contribution in [3.63, 3.8) is 0 Å². The Morgan fingerprint density at radius 3 is 2.72 bits per heavy atom. The van der Waals surface area contributed by atoms with Crippen molar-refractivity contribution in [1.29, 1.82) is 0 Å². The van der Waals surface area contributed by atoms with E-state index < -0.39 is 18.6 Å². The maximum absolute atomic E-state index is 12.5. The van der Waals surface area contributed by atoms with Crippen LogP contribution in [0.3, 0.4) is 0 Å². The fourth-order valence-electron chi connectivity index (χ4n) is 3.30. The minimum Gasteiger partial charge on any atom is -0.394 e. The van der Waals surface area contributed by atoms with Crippen LogP contribution < -0.4 is 10.6 Å². The molecule has 29 heavy (non-hydrogen) atoms. The summed E-state index contributed by atoms with van der Waals surface area (Å²) in [5.74, 6) is -0.822. The summed E-state index contributed by atoms with van der Waals surface area (Å²) in [4.78, 5) is 25.0. The van der Waals surface area contributed by atoms with Crippen LogP contribution in [-0.2, 0) is 16.0 Å². The van der Waals surface area contributed by atoms with Crippen LogP contribution in [0.1, 0.15) is 5.56 Å². The van der Waals surface area contributed by atoms with Crippen LogP contribution in [-0.4, -0.2) is 39.8 Å². The minimum absolute atomic E-state index is 0.116. The Morgan fingerprint density at radius 1 is 1.03 bits per heavy atom. The number of benzene rings is 3. The first kappa shape index (κ1) is 18.6. The van der Waals surface area contributed by atoms with Gasteiger partial charge < -0.3 is 15.7 Å². The molecule has 0 aliphatic heterocycles. The molecular formula is C22H20N4O3. The zero-order valence-electron chi connectivity index (χ0n) is 15.6. The van der Waals surface area contributed by atoms with Gasteiger partial charge in [0.2, 0.25) is 11.8 Å². The molecule has 0 radical (unpaired) electrons. The predicted octanol–water partition coefficient (Wildman–Crippen LogP) is 2.37. The molecule has 4 N–H and O–H groups in total. The number of carbonyl (C=O) groups excluding carboxylic acids is 2. The van der Waals surface area contributed by atoms with Crippen LogP contribution in [0.4, 0.5) is 5.69 Å². The molecule has 0 saturated heterocycles. The number of rotatable bonds is 6. The first-order valence-corrected chi connectivity index (χ1v) is 9.25. The number of aromatic nitrogens is 2. The van der Waals surface area contributed by atoms with Crippen LogP contribution >= 0.6 is 0 Å². The van der Waals surface area contributed by atoms with E-state index in [1.165, 1.54) is 0 Å². The summed E-state index contributed by atoms with van der Waals surface area (Å²) in [6.07, 6.45) is 1.80. The molecular weight excluding hydrogens is 368 g/mol. The molecule has 0 spiro atoms. The van der Waals surface area contributed by atoms with Crippen LogP contribution in [0.5, 0.6) is 0 Å². The molecule has 146 valence electrons. The molecule has 4 rings (SSSR count). The summed E-state index contributed by atoms with van der Waals surface area (Å²) in [7, 11) is 0. The third-order valence-corrected chi connectivity index (χ3v) is 4.77. The molecule has 0 fully saturated rings. The number of hydrogen-bond donors (Lipinski definition) is 4. The third kappa shape index (κ3) is 4.09. The zero-order chi connectivity index (χ0) is 20.2. The summed E-state index contributed by atoms with van der Waals surface area (Å²) in [6, 6.07) is 17.8. The van der Waals surface area contributed by atoms with E-state index in [4.69, 9.17) is 0 Å². The highest BCUT2D eigenvalue weighted by atomic mass is 16.3. The lowest BCUT2D eigenvalue weighted by Gasteiger charge is -2.17. The van der Waals surface area contributed by atoms with Crippen LogP contribution in [0.15, 0.2) is 66.9 Å². The molecule has 4 aromatic rings. The molecule has 7 nitrogen and oxygen atoms in total. The number of aliphatic hydroxyl groups excluding tert-OH is 1. The number of aromatic amines is 1. The Kier molecular flexibility index (Phi) is 5.22. The Labute approximate surface area is 166 Å². The Balaban J connectivity index is 1.43. The highest BCUT2D eigenvalue weighted by Gasteiger charge is 2.20. The molecule has 1 atom stereocenters. The molecule has 0 aliphatic rings. The second-order valence-corrected chi connectivity index (χ2v) is 6.78. The van der Waals surface area contributed by atoms with Gasteiger partial charge in [-0.1, -0.05) is 42.5 Å². The number of carbonyl (C=O) groups is 2. The van der Waals surface area contributed by atoms with Gasteiger partial charge in [-0.05, 0) is 34.5 Å². The lowest BCUT2D eigenvalue weighted by Crippen LogP contribution is -2.46. The fourth-order valence-corrected chi connectivity index (χ4v) is 3.30. The monoisotopic (exact) mass is 388 g/mol. The van der Waals surface area contributed by atoms with E-state index in [0.717, 1.165) is 27.2 Å².